The molecule has 1 fully saturated rings. The van der Waals surface area contributed by atoms with E-state index in [0.29, 0.717) is 28.5 Å². The maximum atomic E-state index is 13.1. The molecule has 1 aromatic carbocycles. The molecule has 1 aliphatic rings. The lowest BCUT2D eigenvalue weighted by atomic mass is 9.93. The summed E-state index contributed by atoms with van der Waals surface area (Å²) in [5.41, 5.74) is 1.71. The second-order valence-corrected chi connectivity index (χ2v) is 7.81. The molecular formula is C22H26N6O2. The fraction of sp³-hybridized carbons (Fsp3) is 0.364. The molecular weight excluding hydrogens is 380 g/mol. The van der Waals surface area contributed by atoms with Gasteiger partial charge < -0.3 is 20.6 Å². The van der Waals surface area contributed by atoms with Gasteiger partial charge in [-0.05, 0) is 43.9 Å². The van der Waals surface area contributed by atoms with E-state index in [1.54, 1.807) is 24.5 Å². The Morgan fingerprint density at radius 2 is 1.90 bits per heavy atom. The van der Waals surface area contributed by atoms with E-state index in [1.165, 1.54) is 0 Å². The molecule has 1 aliphatic carbocycles. The van der Waals surface area contributed by atoms with Crippen molar-refractivity contribution in [3.8, 4) is 0 Å². The van der Waals surface area contributed by atoms with Gasteiger partial charge >= 0.3 is 0 Å². The zero-order valence-corrected chi connectivity index (χ0v) is 17.2. The minimum absolute atomic E-state index is 0.213. The number of hydrogen-bond donors (Lipinski definition) is 3. The molecule has 156 valence electrons. The number of aliphatic hydroxyl groups is 1. The van der Waals surface area contributed by atoms with E-state index in [-0.39, 0.29) is 18.1 Å². The lowest BCUT2D eigenvalue weighted by Crippen LogP contribution is -2.29. The van der Waals surface area contributed by atoms with Crippen LogP contribution < -0.4 is 15.5 Å². The topological polar surface area (TPSA) is 103 Å². The molecule has 30 heavy (non-hydrogen) atoms. The molecule has 0 saturated heterocycles. The van der Waals surface area contributed by atoms with Gasteiger partial charge in [-0.25, -0.2) is 15.0 Å². The van der Waals surface area contributed by atoms with Gasteiger partial charge in [-0.2, -0.15) is 0 Å². The van der Waals surface area contributed by atoms with Gasteiger partial charge in [-0.15, -0.1) is 0 Å². The van der Waals surface area contributed by atoms with Gasteiger partial charge in [0.1, 0.15) is 0 Å². The number of carbonyl (C=O) groups excluding carboxylic acids is 1. The van der Waals surface area contributed by atoms with Crippen LogP contribution in [0.3, 0.4) is 0 Å². The summed E-state index contributed by atoms with van der Waals surface area (Å²) in [6.07, 6.45) is 6.51. The second-order valence-electron chi connectivity index (χ2n) is 7.81. The Labute approximate surface area is 175 Å². The van der Waals surface area contributed by atoms with Crippen molar-refractivity contribution in [2.45, 2.75) is 37.8 Å². The monoisotopic (exact) mass is 406 g/mol. The fourth-order valence-corrected chi connectivity index (χ4v) is 3.75. The highest BCUT2D eigenvalue weighted by atomic mass is 16.3. The molecule has 0 atom stereocenters. The zero-order valence-electron chi connectivity index (χ0n) is 17.2. The SMILES string of the molecule is CN(C)c1ncccc1NC(=O)c1cccc2cnc(NC3CCC(O)CC3)nc12. The Kier molecular flexibility index (Phi) is 5.76. The first kappa shape index (κ1) is 20.0. The van der Waals surface area contributed by atoms with E-state index in [9.17, 15) is 9.90 Å². The third kappa shape index (κ3) is 4.33. The lowest BCUT2D eigenvalue weighted by molar-refractivity contribution is 0.102. The highest BCUT2D eigenvalue weighted by Gasteiger charge is 2.20. The summed E-state index contributed by atoms with van der Waals surface area (Å²) in [4.78, 5) is 28.3. The Balaban J connectivity index is 1.60. The first-order valence-electron chi connectivity index (χ1n) is 10.2. The van der Waals surface area contributed by atoms with E-state index < -0.39 is 0 Å². The Hall–Kier alpha value is -3.26. The van der Waals surface area contributed by atoms with Crippen molar-refractivity contribution in [1.29, 1.82) is 0 Å². The number of carbonyl (C=O) groups is 1. The van der Waals surface area contributed by atoms with Crippen molar-refractivity contribution in [2.75, 3.05) is 29.6 Å². The molecule has 0 radical (unpaired) electrons. The molecule has 1 amide bonds. The first-order valence-corrected chi connectivity index (χ1v) is 10.2. The molecule has 0 aliphatic heterocycles. The van der Waals surface area contributed by atoms with Crippen LogP contribution in [0, 0.1) is 0 Å². The molecule has 2 heterocycles. The number of aliphatic hydroxyl groups excluding tert-OH is 1. The normalized spacial score (nSPS) is 18.8. The van der Waals surface area contributed by atoms with Crippen LogP contribution in [0.4, 0.5) is 17.5 Å². The number of amides is 1. The molecule has 4 rings (SSSR count). The van der Waals surface area contributed by atoms with Crippen LogP contribution in [-0.2, 0) is 0 Å². The van der Waals surface area contributed by atoms with E-state index in [0.717, 1.165) is 31.1 Å². The number of rotatable bonds is 5. The summed E-state index contributed by atoms with van der Waals surface area (Å²) in [5, 5.41) is 16.8. The summed E-state index contributed by atoms with van der Waals surface area (Å²) in [5.74, 6) is 0.934. The van der Waals surface area contributed by atoms with Crippen LogP contribution in [0.1, 0.15) is 36.0 Å². The summed E-state index contributed by atoms with van der Waals surface area (Å²) in [6, 6.07) is 9.32. The fourth-order valence-electron chi connectivity index (χ4n) is 3.75. The molecule has 1 saturated carbocycles. The molecule has 3 N–H and O–H groups in total. The highest BCUT2D eigenvalue weighted by molar-refractivity contribution is 6.12. The molecule has 2 aromatic heterocycles. The molecule has 8 nitrogen and oxygen atoms in total. The Morgan fingerprint density at radius 3 is 2.67 bits per heavy atom. The maximum absolute atomic E-state index is 13.1. The maximum Gasteiger partial charge on any atom is 0.257 e. The van der Waals surface area contributed by atoms with Crippen molar-refractivity contribution < 1.29 is 9.90 Å². The van der Waals surface area contributed by atoms with Gasteiger partial charge in [0.05, 0.1) is 22.9 Å². The molecule has 3 aromatic rings. The highest BCUT2D eigenvalue weighted by Crippen LogP contribution is 2.25. The quantitative estimate of drug-likeness (QED) is 0.598. The Bertz CT molecular complexity index is 1050. The number of para-hydroxylation sites is 1. The van der Waals surface area contributed by atoms with Gasteiger partial charge in [0.15, 0.2) is 5.82 Å². The average molecular weight is 406 g/mol. The van der Waals surface area contributed by atoms with Gasteiger partial charge in [0.25, 0.3) is 5.91 Å². The van der Waals surface area contributed by atoms with Crippen LogP contribution >= 0.6 is 0 Å². The van der Waals surface area contributed by atoms with Gasteiger partial charge in [0, 0.05) is 37.9 Å². The van der Waals surface area contributed by atoms with E-state index in [1.807, 2.05) is 37.2 Å². The standard InChI is InChI=1S/C22H26N6O2/c1-28(2)20-18(7-4-12-23-20)26-21(30)17-6-3-5-14-13-24-22(27-19(14)17)25-15-8-10-16(29)11-9-15/h3-7,12-13,15-16,29H,8-11H2,1-2H3,(H,26,30)(H,24,25,27). The van der Waals surface area contributed by atoms with Crippen LogP contribution in [0.25, 0.3) is 10.9 Å². The minimum atomic E-state index is -0.248. The molecule has 0 spiro atoms. The largest absolute Gasteiger partial charge is 0.393 e. The third-order valence-electron chi connectivity index (χ3n) is 5.34. The number of pyridine rings is 1. The van der Waals surface area contributed by atoms with Gasteiger partial charge in [0.2, 0.25) is 5.95 Å². The number of aromatic nitrogens is 3. The van der Waals surface area contributed by atoms with Crippen molar-refractivity contribution in [3.63, 3.8) is 0 Å². The lowest BCUT2D eigenvalue weighted by Gasteiger charge is -2.26. The van der Waals surface area contributed by atoms with E-state index in [4.69, 9.17) is 0 Å². The summed E-state index contributed by atoms with van der Waals surface area (Å²) in [6.45, 7) is 0. The number of benzene rings is 1. The summed E-state index contributed by atoms with van der Waals surface area (Å²) < 4.78 is 0. The molecule has 0 unspecified atom stereocenters. The van der Waals surface area contributed by atoms with E-state index >= 15 is 0 Å². The van der Waals surface area contributed by atoms with E-state index in [2.05, 4.69) is 25.6 Å². The zero-order chi connectivity index (χ0) is 21.1. The Morgan fingerprint density at radius 1 is 1.10 bits per heavy atom. The first-order chi connectivity index (χ1) is 14.5. The number of nitrogens with zero attached hydrogens (tertiary/aromatic N) is 4. The van der Waals surface area contributed by atoms with Crippen molar-refractivity contribution in [2.24, 2.45) is 0 Å². The average Bonchev–Trinajstić information content (AvgIpc) is 2.75. The minimum Gasteiger partial charge on any atom is -0.393 e. The second kappa shape index (κ2) is 8.62. The molecule has 8 heteroatoms. The van der Waals surface area contributed by atoms with Crippen LogP contribution in [0.5, 0.6) is 0 Å². The predicted molar refractivity (Wildman–Crippen MR) is 118 cm³/mol. The summed E-state index contributed by atoms with van der Waals surface area (Å²) in [7, 11) is 3.76. The van der Waals surface area contributed by atoms with Crippen LogP contribution in [0.2, 0.25) is 0 Å². The van der Waals surface area contributed by atoms with Crippen molar-refractivity contribution in [1.82, 2.24) is 15.0 Å². The number of fused-ring (bicyclic) bond motifs is 1. The smallest absolute Gasteiger partial charge is 0.257 e. The van der Waals surface area contributed by atoms with Gasteiger partial charge in [-0.3, -0.25) is 4.79 Å². The van der Waals surface area contributed by atoms with Crippen molar-refractivity contribution in [3.05, 3.63) is 48.3 Å². The number of anilines is 3. The van der Waals surface area contributed by atoms with Crippen LogP contribution in [-0.4, -0.2) is 52.2 Å². The molecule has 0 bridgehead atoms. The third-order valence-corrected chi connectivity index (χ3v) is 5.34. The van der Waals surface area contributed by atoms with Crippen LogP contribution in [0.15, 0.2) is 42.7 Å². The van der Waals surface area contributed by atoms with Crippen molar-refractivity contribution >= 4 is 34.3 Å². The number of nitrogens with one attached hydrogen (secondary N) is 2. The summed E-state index contributed by atoms with van der Waals surface area (Å²) >= 11 is 0. The number of hydrogen-bond acceptors (Lipinski definition) is 7. The van der Waals surface area contributed by atoms with Gasteiger partial charge in [-0.1, -0.05) is 12.1 Å². The predicted octanol–water partition coefficient (Wildman–Crippen LogP) is 3.06.